The summed E-state index contributed by atoms with van der Waals surface area (Å²) in [6.45, 7) is 5.56. The fourth-order valence-electron chi connectivity index (χ4n) is 2.72. The molecule has 29 heavy (non-hydrogen) atoms. The lowest BCUT2D eigenvalue weighted by atomic mass is 9.95. The number of nitrogens with one attached hydrogen (secondary N) is 2. The molecule has 2 amide bonds. The van der Waals surface area contributed by atoms with Crippen LogP contribution in [0.15, 0.2) is 71.1 Å². The van der Waals surface area contributed by atoms with Gasteiger partial charge in [-0.3, -0.25) is 9.59 Å². The number of hydrogen-bond acceptors (Lipinski definition) is 3. The topological polar surface area (TPSA) is 71.3 Å². The van der Waals surface area contributed by atoms with Crippen molar-refractivity contribution in [3.05, 3.63) is 72.5 Å². The summed E-state index contributed by atoms with van der Waals surface area (Å²) in [7, 11) is 0. The standard InChI is InChI=1S/C24H26N2O3/c1-24(2,3)23(28)26-19-11-7-10-18(16-19)25-22(27)15-13-20-12-14-21(29-20)17-8-5-4-6-9-17/h4-12,14,16H,13,15H2,1-3H3,(H,25,27)(H,26,28). The first-order valence-corrected chi connectivity index (χ1v) is 9.67. The van der Waals surface area contributed by atoms with Gasteiger partial charge < -0.3 is 15.1 Å². The zero-order valence-electron chi connectivity index (χ0n) is 17.0. The first kappa shape index (κ1) is 20.4. The van der Waals surface area contributed by atoms with Gasteiger partial charge in [0, 0.05) is 35.2 Å². The van der Waals surface area contributed by atoms with E-state index in [0.29, 0.717) is 24.2 Å². The Bertz CT molecular complexity index is 985. The van der Waals surface area contributed by atoms with E-state index >= 15 is 0 Å². The van der Waals surface area contributed by atoms with E-state index in [1.54, 1.807) is 24.3 Å². The molecule has 0 radical (unpaired) electrons. The van der Waals surface area contributed by atoms with Crippen LogP contribution in [0.1, 0.15) is 33.0 Å². The SMILES string of the molecule is CC(C)(C)C(=O)Nc1cccc(NC(=O)CCc2ccc(-c3ccccc3)o2)c1. The Morgan fingerprint density at radius 2 is 1.55 bits per heavy atom. The Labute approximate surface area is 171 Å². The summed E-state index contributed by atoms with van der Waals surface area (Å²) >= 11 is 0. The van der Waals surface area contributed by atoms with Gasteiger partial charge in [-0.2, -0.15) is 0 Å². The average molecular weight is 390 g/mol. The second-order valence-corrected chi connectivity index (χ2v) is 7.97. The van der Waals surface area contributed by atoms with Crippen LogP contribution in [-0.2, 0) is 16.0 Å². The highest BCUT2D eigenvalue weighted by Gasteiger charge is 2.21. The van der Waals surface area contributed by atoms with Crippen molar-refractivity contribution in [1.82, 2.24) is 0 Å². The lowest BCUT2D eigenvalue weighted by Gasteiger charge is -2.18. The van der Waals surface area contributed by atoms with Crippen LogP contribution in [0.3, 0.4) is 0 Å². The minimum absolute atomic E-state index is 0.0759. The van der Waals surface area contributed by atoms with Crippen LogP contribution in [0.4, 0.5) is 11.4 Å². The smallest absolute Gasteiger partial charge is 0.229 e. The summed E-state index contributed by atoms with van der Waals surface area (Å²) in [4.78, 5) is 24.4. The molecule has 2 N–H and O–H groups in total. The van der Waals surface area contributed by atoms with E-state index in [0.717, 1.165) is 17.1 Å². The maximum absolute atomic E-state index is 12.3. The molecule has 3 aromatic rings. The van der Waals surface area contributed by atoms with E-state index in [1.165, 1.54) is 0 Å². The van der Waals surface area contributed by atoms with Gasteiger partial charge in [0.15, 0.2) is 0 Å². The van der Waals surface area contributed by atoms with Gasteiger partial charge in [-0.05, 0) is 30.3 Å². The lowest BCUT2D eigenvalue weighted by molar-refractivity contribution is -0.123. The Balaban J connectivity index is 1.54. The molecule has 0 saturated heterocycles. The van der Waals surface area contributed by atoms with Crippen LogP contribution in [0.25, 0.3) is 11.3 Å². The quantitative estimate of drug-likeness (QED) is 0.583. The molecular formula is C24H26N2O3. The molecule has 3 rings (SSSR count). The van der Waals surface area contributed by atoms with Crippen molar-refractivity contribution < 1.29 is 14.0 Å². The molecule has 0 atom stereocenters. The number of benzene rings is 2. The Morgan fingerprint density at radius 3 is 2.24 bits per heavy atom. The number of carbonyl (C=O) groups is 2. The van der Waals surface area contributed by atoms with Crippen molar-refractivity contribution in [3.63, 3.8) is 0 Å². The van der Waals surface area contributed by atoms with E-state index in [1.807, 2.05) is 63.2 Å². The van der Waals surface area contributed by atoms with Crippen molar-refractivity contribution >= 4 is 23.2 Å². The molecule has 0 unspecified atom stereocenters. The number of aryl methyl sites for hydroxylation is 1. The molecule has 1 heterocycles. The van der Waals surface area contributed by atoms with Crippen molar-refractivity contribution in [2.24, 2.45) is 5.41 Å². The Kier molecular flexibility index (Phi) is 6.17. The third-order valence-electron chi connectivity index (χ3n) is 4.40. The van der Waals surface area contributed by atoms with Crippen LogP contribution in [0.5, 0.6) is 0 Å². The molecule has 5 heteroatoms. The van der Waals surface area contributed by atoms with Crippen molar-refractivity contribution in [3.8, 4) is 11.3 Å². The van der Waals surface area contributed by atoms with Gasteiger partial charge in [-0.1, -0.05) is 57.2 Å². The molecule has 0 fully saturated rings. The molecule has 5 nitrogen and oxygen atoms in total. The van der Waals surface area contributed by atoms with E-state index in [-0.39, 0.29) is 11.8 Å². The molecule has 0 aliphatic rings. The Morgan fingerprint density at radius 1 is 0.862 bits per heavy atom. The van der Waals surface area contributed by atoms with Crippen molar-refractivity contribution in [1.29, 1.82) is 0 Å². The Hall–Kier alpha value is -3.34. The van der Waals surface area contributed by atoms with E-state index in [9.17, 15) is 9.59 Å². The molecule has 2 aromatic carbocycles. The predicted octanol–water partition coefficient (Wildman–Crippen LogP) is 5.50. The number of furan rings is 1. The maximum atomic E-state index is 12.3. The van der Waals surface area contributed by atoms with E-state index < -0.39 is 5.41 Å². The summed E-state index contributed by atoms with van der Waals surface area (Å²) in [6, 6.07) is 20.8. The number of amides is 2. The van der Waals surface area contributed by atoms with Gasteiger partial charge in [0.1, 0.15) is 11.5 Å². The van der Waals surface area contributed by atoms with Crippen LogP contribution in [0.2, 0.25) is 0 Å². The second kappa shape index (κ2) is 8.78. The monoisotopic (exact) mass is 390 g/mol. The summed E-state index contributed by atoms with van der Waals surface area (Å²) < 4.78 is 5.84. The van der Waals surface area contributed by atoms with E-state index in [2.05, 4.69) is 10.6 Å². The first-order valence-electron chi connectivity index (χ1n) is 9.67. The first-order chi connectivity index (χ1) is 13.8. The minimum atomic E-state index is -0.485. The lowest BCUT2D eigenvalue weighted by Crippen LogP contribution is -2.27. The minimum Gasteiger partial charge on any atom is -0.461 e. The molecule has 0 aliphatic heterocycles. The zero-order valence-corrected chi connectivity index (χ0v) is 17.0. The van der Waals surface area contributed by atoms with Gasteiger partial charge in [0.2, 0.25) is 11.8 Å². The fourth-order valence-corrected chi connectivity index (χ4v) is 2.72. The normalized spacial score (nSPS) is 11.1. The summed E-state index contributed by atoms with van der Waals surface area (Å²) in [5, 5.41) is 5.74. The fraction of sp³-hybridized carbons (Fsp3) is 0.250. The maximum Gasteiger partial charge on any atom is 0.229 e. The van der Waals surface area contributed by atoms with Gasteiger partial charge >= 0.3 is 0 Å². The number of hydrogen-bond donors (Lipinski definition) is 2. The molecule has 1 aromatic heterocycles. The van der Waals surface area contributed by atoms with Gasteiger partial charge in [0.05, 0.1) is 0 Å². The predicted molar refractivity (Wildman–Crippen MR) is 116 cm³/mol. The van der Waals surface area contributed by atoms with Crippen molar-refractivity contribution in [2.45, 2.75) is 33.6 Å². The molecule has 0 spiro atoms. The largest absolute Gasteiger partial charge is 0.461 e. The third kappa shape index (κ3) is 5.82. The third-order valence-corrected chi connectivity index (χ3v) is 4.40. The van der Waals surface area contributed by atoms with Crippen LogP contribution < -0.4 is 10.6 Å². The highest BCUT2D eigenvalue weighted by molar-refractivity contribution is 5.96. The van der Waals surface area contributed by atoms with Crippen molar-refractivity contribution in [2.75, 3.05) is 10.6 Å². The second-order valence-electron chi connectivity index (χ2n) is 7.97. The van der Waals surface area contributed by atoms with Crippen LogP contribution >= 0.6 is 0 Å². The molecule has 0 bridgehead atoms. The number of anilines is 2. The van der Waals surface area contributed by atoms with Crippen LogP contribution in [0, 0.1) is 5.41 Å². The molecule has 150 valence electrons. The highest BCUT2D eigenvalue weighted by atomic mass is 16.3. The highest BCUT2D eigenvalue weighted by Crippen LogP contribution is 2.23. The van der Waals surface area contributed by atoms with Gasteiger partial charge in [0.25, 0.3) is 0 Å². The number of rotatable bonds is 6. The van der Waals surface area contributed by atoms with E-state index in [4.69, 9.17) is 4.42 Å². The van der Waals surface area contributed by atoms with Crippen LogP contribution in [-0.4, -0.2) is 11.8 Å². The molecule has 0 saturated carbocycles. The molecular weight excluding hydrogens is 364 g/mol. The van der Waals surface area contributed by atoms with Gasteiger partial charge in [-0.15, -0.1) is 0 Å². The summed E-state index contributed by atoms with van der Waals surface area (Å²) in [6.07, 6.45) is 0.819. The number of carbonyl (C=O) groups excluding carboxylic acids is 2. The zero-order chi connectivity index (χ0) is 20.9. The van der Waals surface area contributed by atoms with Gasteiger partial charge in [-0.25, -0.2) is 0 Å². The average Bonchev–Trinajstić information content (AvgIpc) is 3.16. The molecule has 0 aliphatic carbocycles. The summed E-state index contributed by atoms with van der Waals surface area (Å²) in [5.74, 6) is 1.38. The summed E-state index contributed by atoms with van der Waals surface area (Å²) in [5.41, 5.74) is 1.82.